The summed E-state index contributed by atoms with van der Waals surface area (Å²) in [5.74, 6) is -1.55. The minimum Gasteiger partial charge on any atom is -0.503 e. The second-order valence-electron chi connectivity index (χ2n) is 7.74. The number of anilines is 1. The van der Waals surface area contributed by atoms with Crippen LogP contribution in [0.25, 0.3) is 11.5 Å². The molecule has 0 bridgehead atoms. The van der Waals surface area contributed by atoms with E-state index in [1.165, 1.54) is 42.7 Å². The zero-order chi connectivity index (χ0) is 24.5. The fourth-order valence-electron chi connectivity index (χ4n) is 4.03. The molecular weight excluding hydrogens is 453 g/mol. The third kappa shape index (κ3) is 3.93. The van der Waals surface area contributed by atoms with Crippen molar-refractivity contribution in [3.8, 4) is 17.2 Å². The fourth-order valence-corrected chi connectivity index (χ4v) is 4.03. The van der Waals surface area contributed by atoms with Crippen LogP contribution in [0.1, 0.15) is 22.0 Å². The lowest BCUT2D eigenvalue weighted by atomic mass is 9.92. The highest BCUT2D eigenvalue weighted by Gasteiger charge is 2.44. The van der Waals surface area contributed by atoms with Crippen molar-refractivity contribution in [3.63, 3.8) is 0 Å². The molecular formula is C26H18FN3O5. The highest BCUT2D eigenvalue weighted by Crippen LogP contribution is 2.42. The molecule has 9 heteroatoms. The van der Waals surface area contributed by atoms with Crippen molar-refractivity contribution in [1.82, 2.24) is 10.2 Å². The molecule has 4 aromatic rings. The van der Waals surface area contributed by atoms with E-state index in [9.17, 15) is 19.1 Å². The van der Waals surface area contributed by atoms with Crippen molar-refractivity contribution in [3.05, 3.63) is 107 Å². The largest absolute Gasteiger partial charge is 0.503 e. The highest BCUT2D eigenvalue weighted by atomic mass is 19.1. The van der Waals surface area contributed by atoms with Crippen molar-refractivity contribution in [2.45, 2.75) is 6.04 Å². The number of hydrogen-bond acceptors (Lipinski definition) is 7. The number of aromatic nitrogens is 2. The number of rotatable bonds is 6. The van der Waals surface area contributed by atoms with Gasteiger partial charge in [-0.2, -0.15) is 0 Å². The van der Waals surface area contributed by atoms with E-state index in [-0.39, 0.29) is 11.1 Å². The lowest BCUT2D eigenvalue weighted by Crippen LogP contribution is -2.31. The van der Waals surface area contributed by atoms with Crippen LogP contribution in [0, 0.1) is 5.82 Å². The van der Waals surface area contributed by atoms with Gasteiger partial charge in [0.05, 0.1) is 18.7 Å². The average molecular weight is 471 g/mol. The normalized spacial score (nSPS) is 15.5. The van der Waals surface area contributed by atoms with E-state index >= 15 is 0 Å². The summed E-state index contributed by atoms with van der Waals surface area (Å²) in [5.41, 5.74) is 1.66. The van der Waals surface area contributed by atoms with Gasteiger partial charge in [-0.15, -0.1) is 10.2 Å². The summed E-state index contributed by atoms with van der Waals surface area (Å²) in [6, 6.07) is 17.4. The van der Waals surface area contributed by atoms with Gasteiger partial charge in [-0.05, 0) is 66.2 Å². The number of ether oxygens (including phenoxy) is 1. The number of carbonyl (C=O) groups is 2. The summed E-state index contributed by atoms with van der Waals surface area (Å²) >= 11 is 0. The number of halogens is 1. The Morgan fingerprint density at radius 3 is 2.31 bits per heavy atom. The van der Waals surface area contributed by atoms with Gasteiger partial charge in [-0.1, -0.05) is 12.1 Å². The van der Waals surface area contributed by atoms with Crippen molar-refractivity contribution in [2.75, 3.05) is 12.0 Å². The van der Waals surface area contributed by atoms with Crippen LogP contribution >= 0.6 is 0 Å². The summed E-state index contributed by atoms with van der Waals surface area (Å²) < 4.78 is 24.0. The molecule has 5 rings (SSSR count). The van der Waals surface area contributed by atoms with E-state index in [1.54, 1.807) is 48.5 Å². The molecule has 1 unspecified atom stereocenters. The molecule has 0 radical (unpaired) electrons. The Bertz CT molecular complexity index is 1410. The topological polar surface area (TPSA) is 106 Å². The average Bonchev–Trinajstić information content (AvgIpc) is 3.52. The van der Waals surface area contributed by atoms with Crippen LogP contribution in [0.4, 0.5) is 10.1 Å². The molecule has 35 heavy (non-hydrogen) atoms. The Hall–Kier alpha value is -4.79. The molecule has 1 aliphatic heterocycles. The third-order valence-electron chi connectivity index (χ3n) is 5.74. The molecule has 1 aromatic heterocycles. The van der Waals surface area contributed by atoms with E-state index in [1.807, 2.05) is 0 Å². The number of carbonyl (C=O) groups excluding carboxylic acids is 2. The van der Waals surface area contributed by atoms with Crippen molar-refractivity contribution >= 4 is 17.4 Å². The molecule has 1 amide bonds. The first-order valence-electron chi connectivity index (χ1n) is 10.6. The molecule has 0 saturated carbocycles. The predicted molar refractivity (Wildman–Crippen MR) is 123 cm³/mol. The van der Waals surface area contributed by atoms with Crippen LogP contribution in [0.2, 0.25) is 0 Å². The maximum atomic E-state index is 13.7. The van der Waals surface area contributed by atoms with Crippen LogP contribution in [-0.2, 0) is 4.79 Å². The van der Waals surface area contributed by atoms with Gasteiger partial charge in [0.1, 0.15) is 11.6 Å². The zero-order valence-corrected chi connectivity index (χ0v) is 18.4. The Morgan fingerprint density at radius 1 is 1.03 bits per heavy atom. The second kappa shape index (κ2) is 8.86. The Morgan fingerprint density at radius 2 is 1.71 bits per heavy atom. The number of Topliss-reactive ketones (excluding diaryl/α,β-unsaturated/α-hetero) is 1. The first-order chi connectivity index (χ1) is 17.0. The van der Waals surface area contributed by atoms with Gasteiger partial charge in [0.2, 0.25) is 12.3 Å². The Labute approximate surface area is 198 Å². The number of hydrogen-bond donors (Lipinski definition) is 1. The van der Waals surface area contributed by atoms with E-state index < -0.39 is 29.3 Å². The molecule has 1 atom stereocenters. The molecule has 0 saturated heterocycles. The molecule has 3 aromatic carbocycles. The van der Waals surface area contributed by atoms with Crippen LogP contribution in [0.15, 0.2) is 94.9 Å². The molecule has 0 spiro atoms. The fraction of sp³-hybridized carbons (Fsp3) is 0.0769. The summed E-state index contributed by atoms with van der Waals surface area (Å²) in [7, 11) is 1.51. The summed E-state index contributed by atoms with van der Waals surface area (Å²) in [6.07, 6.45) is 1.21. The van der Waals surface area contributed by atoms with Gasteiger partial charge in [0.15, 0.2) is 11.5 Å². The van der Waals surface area contributed by atoms with Gasteiger partial charge in [0.25, 0.3) is 5.91 Å². The lowest BCUT2D eigenvalue weighted by molar-refractivity contribution is -0.117. The van der Waals surface area contributed by atoms with E-state index in [4.69, 9.17) is 9.15 Å². The van der Waals surface area contributed by atoms with Crippen molar-refractivity contribution in [2.24, 2.45) is 0 Å². The highest BCUT2D eigenvalue weighted by molar-refractivity contribution is 6.21. The molecule has 1 N–H and O–H groups in total. The van der Waals surface area contributed by atoms with Gasteiger partial charge < -0.3 is 14.3 Å². The van der Waals surface area contributed by atoms with Crippen LogP contribution < -0.4 is 9.64 Å². The summed E-state index contributed by atoms with van der Waals surface area (Å²) in [4.78, 5) is 28.1. The van der Waals surface area contributed by atoms with E-state index in [0.717, 1.165) is 0 Å². The minimum atomic E-state index is -0.980. The molecule has 8 nitrogen and oxygen atoms in total. The first-order valence-corrected chi connectivity index (χ1v) is 10.6. The first kappa shape index (κ1) is 22.0. The standard InChI is InChI=1S/C26H18FN3O5/c1-34-20-12-6-16(7-13-20)23(31)21-22(15-2-8-18(27)9-3-15)30(26(33)24(21)32)19-10-4-17(5-11-19)25-29-28-14-35-25/h2-14,22,32H,1H3. The Kier molecular flexibility index (Phi) is 5.58. The van der Waals surface area contributed by atoms with E-state index in [2.05, 4.69) is 10.2 Å². The number of aliphatic hydroxyl groups excluding tert-OH is 1. The summed E-state index contributed by atoms with van der Waals surface area (Å²) in [6.45, 7) is 0. The van der Waals surface area contributed by atoms with Gasteiger partial charge >= 0.3 is 0 Å². The number of aliphatic hydroxyl groups is 1. The van der Waals surface area contributed by atoms with Crippen LogP contribution in [0.3, 0.4) is 0 Å². The van der Waals surface area contributed by atoms with Crippen molar-refractivity contribution < 1.29 is 28.2 Å². The Balaban J connectivity index is 1.59. The summed E-state index contributed by atoms with van der Waals surface area (Å²) in [5, 5.41) is 18.4. The lowest BCUT2D eigenvalue weighted by Gasteiger charge is -2.27. The molecule has 174 valence electrons. The molecule has 1 aliphatic rings. The maximum absolute atomic E-state index is 13.7. The molecule has 0 aliphatic carbocycles. The number of ketones is 1. The van der Waals surface area contributed by atoms with Gasteiger partial charge in [0, 0.05) is 16.8 Å². The number of methoxy groups -OCH3 is 1. The smallest absolute Gasteiger partial charge is 0.294 e. The third-order valence-corrected chi connectivity index (χ3v) is 5.74. The zero-order valence-electron chi connectivity index (χ0n) is 18.4. The predicted octanol–water partition coefficient (Wildman–Crippen LogP) is 4.67. The van der Waals surface area contributed by atoms with Crippen LogP contribution in [-0.4, -0.2) is 34.1 Å². The second-order valence-corrected chi connectivity index (χ2v) is 7.74. The quantitative estimate of drug-likeness (QED) is 0.408. The number of amides is 1. The van der Waals surface area contributed by atoms with Gasteiger partial charge in [-0.3, -0.25) is 14.5 Å². The van der Waals surface area contributed by atoms with E-state index in [0.29, 0.717) is 28.5 Å². The number of nitrogens with zero attached hydrogens (tertiary/aromatic N) is 3. The maximum Gasteiger partial charge on any atom is 0.294 e. The van der Waals surface area contributed by atoms with Crippen molar-refractivity contribution in [1.29, 1.82) is 0 Å². The number of benzene rings is 3. The van der Waals surface area contributed by atoms with Gasteiger partial charge in [-0.25, -0.2) is 4.39 Å². The molecule has 0 fully saturated rings. The monoisotopic (exact) mass is 471 g/mol. The van der Waals surface area contributed by atoms with Crippen LogP contribution in [0.5, 0.6) is 5.75 Å². The SMILES string of the molecule is COc1ccc(C(=O)C2=C(O)C(=O)N(c3ccc(-c4nnco4)cc3)C2c2ccc(F)cc2)cc1. The molecule has 2 heterocycles. The minimum absolute atomic E-state index is 0.104.